The maximum Gasteiger partial charge on any atom is 0.164 e. The number of hydrogen-bond acceptors (Lipinski definition) is 5. The SMILES string of the molecule is Cc1ccc2c(N3c4cc(OCc5ccccc5)cc3c4Br)ncnc2n1. The number of ether oxygens (including phenoxy) is 1. The summed E-state index contributed by atoms with van der Waals surface area (Å²) in [5, 5.41) is 0.925. The van der Waals surface area contributed by atoms with Gasteiger partial charge in [0.1, 0.15) is 18.7 Å². The normalized spacial score (nSPS) is 12.1. The van der Waals surface area contributed by atoms with Crippen molar-refractivity contribution in [3.05, 3.63) is 76.7 Å². The second-order valence-corrected chi connectivity index (χ2v) is 7.20. The summed E-state index contributed by atoms with van der Waals surface area (Å²) in [5.74, 6) is 1.67. The molecule has 4 heterocycles. The summed E-state index contributed by atoms with van der Waals surface area (Å²) in [6.45, 7) is 2.50. The van der Waals surface area contributed by atoms with Gasteiger partial charge in [-0.1, -0.05) is 30.3 Å². The van der Waals surface area contributed by atoms with Crippen molar-refractivity contribution >= 4 is 44.2 Å². The Morgan fingerprint density at radius 3 is 2.56 bits per heavy atom. The van der Waals surface area contributed by atoms with Crippen molar-refractivity contribution in [2.45, 2.75) is 13.5 Å². The van der Waals surface area contributed by atoms with Gasteiger partial charge in [0, 0.05) is 17.8 Å². The first-order chi connectivity index (χ1) is 13.2. The van der Waals surface area contributed by atoms with Gasteiger partial charge in [0.25, 0.3) is 0 Å². The van der Waals surface area contributed by atoms with Crippen LogP contribution < -0.4 is 9.64 Å². The maximum atomic E-state index is 5.96. The number of anilines is 3. The van der Waals surface area contributed by atoms with Crippen LogP contribution in [0.1, 0.15) is 11.3 Å². The monoisotopic (exact) mass is 418 g/mol. The zero-order valence-corrected chi connectivity index (χ0v) is 16.1. The van der Waals surface area contributed by atoms with E-state index in [1.165, 1.54) is 0 Å². The fraction of sp³-hybridized carbons (Fsp3) is 0.0952. The molecule has 0 saturated heterocycles. The molecule has 6 rings (SSSR count). The van der Waals surface area contributed by atoms with Gasteiger partial charge in [-0.3, -0.25) is 4.90 Å². The number of benzene rings is 2. The largest absolute Gasteiger partial charge is 0.489 e. The van der Waals surface area contributed by atoms with E-state index < -0.39 is 0 Å². The van der Waals surface area contributed by atoms with Crippen LogP contribution in [0.25, 0.3) is 11.0 Å². The summed E-state index contributed by atoms with van der Waals surface area (Å²) in [7, 11) is 0. The topological polar surface area (TPSA) is 51.1 Å². The molecular formula is C21H15BrN4O. The maximum absolute atomic E-state index is 5.96. The molecule has 0 atom stereocenters. The summed E-state index contributed by atoms with van der Waals surface area (Å²) in [6.07, 6.45) is 1.56. The first-order valence-electron chi connectivity index (χ1n) is 8.59. The molecule has 2 aliphatic heterocycles. The molecule has 6 heteroatoms. The zero-order valence-electron chi connectivity index (χ0n) is 14.6. The van der Waals surface area contributed by atoms with Crippen LogP contribution in [0.15, 0.2) is 65.4 Å². The molecule has 0 fully saturated rings. The van der Waals surface area contributed by atoms with E-state index in [1.54, 1.807) is 6.33 Å². The van der Waals surface area contributed by atoms with Crippen molar-refractivity contribution in [3.63, 3.8) is 0 Å². The van der Waals surface area contributed by atoms with Gasteiger partial charge in [-0.2, -0.15) is 0 Å². The van der Waals surface area contributed by atoms with Crippen molar-refractivity contribution in [3.8, 4) is 5.75 Å². The van der Waals surface area contributed by atoms with Gasteiger partial charge in [0.05, 0.1) is 21.2 Å². The van der Waals surface area contributed by atoms with Crippen LogP contribution in [0, 0.1) is 6.92 Å². The Kier molecular flexibility index (Phi) is 3.79. The molecule has 2 bridgehead atoms. The summed E-state index contributed by atoms with van der Waals surface area (Å²) in [4.78, 5) is 15.4. The molecule has 27 heavy (non-hydrogen) atoms. The average molecular weight is 419 g/mol. The summed E-state index contributed by atoms with van der Waals surface area (Å²) in [6, 6.07) is 18.2. The lowest BCUT2D eigenvalue weighted by Gasteiger charge is -2.36. The van der Waals surface area contributed by atoms with Crippen molar-refractivity contribution in [1.82, 2.24) is 15.0 Å². The molecule has 0 spiro atoms. The van der Waals surface area contributed by atoms with Crippen molar-refractivity contribution in [2.75, 3.05) is 4.90 Å². The molecule has 2 aliphatic rings. The number of nitrogens with zero attached hydrogens (tertiary/aromatic N) is 4. The predicted octanol–water partition coefficient (Wildman–Crippen LogP) is 5.46. The van der Waals surface area contributed by atoms with Gasteiger partial charge in [-0.15, -0.1) is 0 Å². The fourth-order valence-corrected chi connectivity index (χ4v) is 3.81. The Morgan fingerprint density at radius 2 is 1.78 bits per heavy atom. The first-order valence-corrected chi connectivity index (χ1v) is 9.39. The zero-order chi connectivity index (χ0) is 18.4. The first kappa shape index (κ1) is 16.2. The molecule has 2 aromatic heterocycles. The Morgan fingerprint density at radius 1 is 1.00 bits per heavy atom. The van der Waals surface area contributed by atoms with E-state index >= 15 is 0 Å². The van der Waals surface area contributed by atoms with E-state index in [-0.39, 0.29) is 0 Å². The van der Waals surface area contributed by atoms with Gasteiger partial charge < -0.3 is 4.74 Å². The average Bonchev–Trinajstić information content (AvgIpc) is 2.71. The Balaban J connectivity index is 1.46. The minimum Gasteiger partial charge on any atom is -0.489 e. The second-order valence-electron chi connectivity index (χ2n) is 6.41. The summed E-state index contributed by atoms with van der Waals surface area (Å²) >= 11 is 3.65. The lowest BCUT2D eigenvalue weighted by atomic mass is 10.1. The third kappa shape index (κ3) is 2.73. The van der Waals surface area contributed by atoms with Crippen LogP contribution in [0.2, 0.25) is 0 Å². The van der Waals surface area contributed by atoms with E-state index in [0.717, 1.165) is 44.1 Å². The quantitative estimate of drug-likeness (QED) is 0.387. The molecule has 132 valence electrons. The molecule has 0 saturated carbocycles. The van der Waals surface area contributed by atoms with Gasteiger partial charge >= 0.3 is 0 Å². The highest BCUT2D eigenvalue weighted by molar-refractivity contribution is 9.10. The van der Waals surface area contributed by atoms with Crippen LogP contribution in [-0.4, -0.2) is 15.0 Å². The van der Waals surface area contributed by atoms with E-state index in [4.69, 9.17) is 4.74 Å². The second kappa shape index (κ2) is 6.32. The molecule has 2 aromatic carbocycles. The van der Waals surface area contributed by atoms with Gasteiger partial charge in [0.15, 0.2) is 11.5 Å². The number of halogens is 1. The van der Waals surface area contributed by atoms with Gasteiger partial charge in [-0.05, 0) is 40.5 Å². The highest BCUT2D eigenvalue weighted by Gasteiger charge is 2.32. The summed E-state index contributed by atoms with van der Waals surface area (Å²) < 4.78 is 7.02. The number of aryl methyl sites for hydroxylation is 1. The van der Waals surface area contributed by atoms with Crippen LogP contribution in [0.5, 0.6) is 5.75 Å². The van der Waals surface area contributed by atoms with E-state index in [2.05, 4.69) is 47.9 Å². The van der Waals surface area contributed by atoms with E-state index in [1.807, 2.05) is 49.4 Å². The van der Waals surface area contributed by atoms with Crippen LogP contribution in [0.3, 0.4) is 0 Å². The standard InChI is InChI=1S/C21H15BrN4O/c1-13-7-8-16-20(25-13)23-12-24-21(16)26-17-9-15(10-18(26)19(17)22)27-11-14-5-3-2-4-6-14/h2-10,12H,11H2,1H3. The summed E-state index contributed by atoms with van der Waals surface area (Å²) in [5.41, 5.74) is 4.83. The molecular weight excluding hydrogens is 404 g/mol. The number of fused-ring (bicyclic) bond motifs is 3. The Hall–Kier alpha value is -2.99. The van der Waals surface area contributed by atoms with Gasteiger partial charge in [-0.25, -0.2) is 15.0 Å². The predicted molar refractivity (Wildman–Crippen MR) is 109 cm³/mol. The van der Waals surface area contributed by atoms with Gasteiger partial charge in [0.2, 0.25) is 0 Å². The molecule has 0 N–H and O–H groups in total. The van der Waals surface area contributed by atoms with E-state index in [9.17, 15) is 0 Å². The van der Waals surface area contributed by atoms with Crippen LogP contribution in [-0.2, 0) is 6.61 Å². The van der Waals surface area contributed by atoms with Crippen molar-refractivity contribution in [2.24, 2.45) is 0 Å². The molecule has 0 unspecified atom stereocenters. The molecule has 5 nitrogen and oxygen atoms in total. The van der Waals surface area contributed by atoms with Crippen molar-refractivity contribution < 1.29 is 4.74 Å². The van der Waals surface area contributed by atoms with Crippen LogP contribution in [0.4, 0.5) is 17.2 Å². The van der Waals surface area contributed by atoms with Crippen molar-refractivity contribution in [1.29, 1.82) is 0 Å². The highest BCUT2D eigenvalue weighted by atomic mass is 79.9. The lowest BCUT2D eigenvalue weighted by molar-refractivity contribution is 0.306. The fourth-order valence-electron chi connectivity index (χ4n) is 3.23. The van der Waals surface area contributed by atoms with E-state index in [0.29, 0.717) is 12.3 Å². The number of aromatic nitrogens is 3. The molecule has 0 radical (unpaired) electrons. The number of pyridine rings is 1. The smallest absolute Gasteiger partial charge is 0.164 e. The highest BCUT2D eigenvalue weighted by Crippen LogP contribution is 2.55. The lowest BCUT2D eigenvalue weighted by Crippen LogP contribution is -2.21. The Bertz CT molecular complexity index is 1140. The molecule has 0 aliphatic carbocycles. The third-order valence-corrected chi connectivity index (χ3v) is 5.38. The minimum absolute atomic E-state index is 0.543. The third-order valence-electron chi connectivity index (χ3n) is 4.56. The minimum atomic E-state index is 0.543. The number of rotatable bonds is 4. The number of hydrogen-bond donors (Lipinski definition) is 0. The Labute approximate surface area is 164 Å². The molecule has 4 aromatic rings. The molecule has 0 amide bonds. The van der Waals surface area contributed by atoms with Crippen LogP contribution >= 0.6 is 15.9 Å².